The Morgan fingerprint density at radius 2 is 1.64 bits per heavy atom. The Balaban J connectivity index is 1.99. The molecule has 0 amide bonds. The number of phenols is 2. The van der Waals surface area contributed by atoms with Crippen LogP contribution in [0.4, 0.5) is 13.2 Å². The van der Waals surface area contributed by atoms with Gasteiger partial charge in [0.1, 0.15) is 29.8 Å². The second-order valence-electron chi connectivity index (χ2n) is 6.49. The van der Waals surface area contributed by atoms with Gasteiger partial charge in [-0.3, -0.25) is 0 Å². The lowest BCUT2D eigenvalue weighted by Gasteiger charge is -2.27. The van der Waals surface area contributed by atoms with Gasteiger partial charge in [-0.2, -0.15) is 0 Å². The minimum atomic E-state index is -1.27. The normalized spacial score (nSPS) is 20.6. The summed E-state index contributed by atoms with van der Waals surface area (Å²) in [6.45, 7) is 1.40. The van der Waals surface area contributed by atoms with Gasteiger partial charge in [0, 0.05) is 6.61 Å². The average Bonchev–Trinajstić information content (AvgIpc) is 2.54. The lowest BCUT2D eigenvalue weighted by molar-refractivity contribution is -0.0125. The number of phenolic OH excluding ortho intramolecular Hbond substituents is 2. The lowest BCUT2D eigenvalue weighted by atomic mass is 9.93. The zero-order chi connectivity index (χ0) is 18.1. The third-order valence-corrected chi connectivity index (χ3v) is 4.56. The molecule has 0 aromatic heterocycles. The predicted octanol–water partition coefficient (Wildman–Crippen LogP) is 5.00. The Morgan fingerprint density at radius 3 is 2.12 bits per heavy atom. The summed E-state index contributed by atoms with van der Waals surface area (Å²) in [4.78, 5) is 0. The van der Waals surface area contributed by atoms with Crippen LogP contribution >= 0.6 is 0 Å². The number of hydrogen-bond acceptors (Lipinski definition) is 3. The van der Waals surface area contributed by atoms with E-state index in [1.165, 1.54) is 12.1 Å². The molecule has 0 bridgehead atoms. The van der Waals surface area contributed by atoms with E-state index in [1.54, 1.807) is 0 Å². The van der Waals surface area contributed by atoms with Gasteiger partial charge in [-0.25, -0.2) is 13.2 Å². The van der Waals surface area contributed by atoms with Crippen molar-refractivity contribution in [3.8, 4) is 22.6 Å². The highest BCUT2D eigenvalue weighted by molar-refractivity contribution is 5.77. The molecule has 0 saturated carbocycles. The second-order valence-corrected chi connectivity index (χ2v) is 6.49. The molecule has 2 unspecified atom stereocenters. The molecule has 3 rings (SSSR count). The molecule has 25 heavy (non-hydrogen) atoms. The highest BCUT2D eigenvalue weighted by Gasteiger charge is 2.24. The lowest BCUT2D eigenvalue weighted by Crippen LogP contribution is -2.18. The van der Waals surface area contributed by atoms with E-state index >= 15 is 0 Å². The van der Waals surface area contributed by atoms with Gasteiger partial charge >= 0.3 is 0 Å². The summed E-state index contributed by atoms with van der Waals surface area (Å²) in [6, 6.07) is 4.64. The summed E-state index contributed by atoms with van der Waals surface area (Å²) >= 11 is 0. The maximum atomic E-state index is 13.8. The Morgan fingerprint density at radius 1 is 1.04 bits per heavy atom. The minimum absolute atomic E-state index is 0.0630. The van der Waals surface area contributed by atoms with E-state index in [0.29, 0.717) is 18.1 Å². The summed E-state index contributed by atoms with van der Waals surface area (Å²) in [7, 11) is 0. The number of halogens is 3. The fraction of sp³-hybridized carbons (Fsp3) is 0.368. The quantitative estimate of drug-likeness (QED) is 0.817. The topological polar surface area (TPSA) is 49.7 Å². The van der Waals surface area contributed by atoms with Crippen LogP contribution in [0.15, 0.2) is 24.3 Å². The van der Waals surface area contributed by atoms with Crippen molar-refractivity contribution in [1.29, 1.82) is 0 Å². The number of ether oxygens (including phenoxy) is 1. The summed E-state index contributed by atoms with van der Waals surface area (Å²) < 4.78 is 46.0. The molecule has 0 radical (unpaired) electrons. The van der Waals surface area contributed by atoms with Crippen molar-refractivity contribution in [2.24, 2.45) is 5.92 Å². The summed E-state index contributed by atoms with van der Waals surface area (Å²) in [6.07, 6.45) is 1.48. The van der Waals surface area contributed by atoms with Crippen LogP contribution in [0, 0.1) is 17.6 Å². The number of rotatable bonds is 3. The fourth-order valence-corrected chi connectivity index (χ4v) is 3.14. The van der Waals surface area contributed by atoms with Crippen molar-refractivity contribution in [1.82, 2.24) is 0 Å². The van der Waals surface area contributed by atoms with Crippen LogP contribution in [0.25, 0.3) is 11.1 Å². The molecule has 2 atom stereocenters. The zero-order valence-electron chi connectivity index (χ0n) is 13.7. The number of benzene rings is 2. The van der Waals surface area contributed by atoms with Crippen molar-refractivity contribution in [2.75, 3.05) is 6.61 Å². The molecule has 2 N–H and O–H groups in total. The van der Waals surface area contributed by atoms with Gasteiger partial charge in [0.2, 0.25) is 0 Å². The zero-order valence-corrected chi connectivity index (χ0v) is 13.7. The number of aromatic hydroxyl groups is 2. The van der Waals surface area contributed by atoms with Crippen LogP contribution in [0.1, 0.15) is 37.0 Å². The Labute approximate surface area is 143 Å². The minimum Gasteiger partial charge on any atom is -0.507 e. The largest absolute Gasteiger partial charge is 0.507 e. The first-order chi connectivity index (χ1) is 11.9. The molecule has 2 aromatic rings. The van der Waals surface area contributed by atoms with Gasteiger partial charge < -0.3 is 14.9 Å². The Hall–Kier alpha value is -2.21. The third-order valence-electron chi connectivity index (χ3n) is 4.56. The van der Waals surface area contributed by atoms with E-state index in [2.05, 4.69) is 6.92 Å². The van der Waals surface area contributed by atoms with Crippen LogP contribution in [-0.2, 0) is 11.4 Å². The van der Waals surface area contributed by atoms with Gasteiger partial charge in [-0.1, -0.05) is 6.92 Å². The molecule has 2 aromatic carbocycles. The molecule has 1 saturated heterocycles. The summed E-state index contributed by atoms with van der Waals surface area (Å²) in [5.74, 6) is -2.30. The molecular weight excluding hydrogens is 333 g/mol. The molecule has 1 fully saturated rings. The molecular formula is C19H19F3O3. The Bertz CT molecular complexity index is 737. The van der Waals surface area contributed by atoms with Crippen molar-refractivity contribution >= 4 is 0 Å². The van der Waals surface area contributed by atoms with Crippen LogP contribution in [0.5, 0.6) is 11.5 Å². The predicted molar refractivity (Wildman–Crippen MR) is 87.0 cm³/mol. The van der Waals surface area contributed by atoms with Gasteiger partial charge in [0.15, 0.2) is 0 Å². The molecule has 0 aliphatic carbocycles. The molecule has 1 aliphatic heterocycles. The molecule has 1 heterocycles. The first-order valence-electron chi connectivity index (χ1n) is 8.12. The highest BCUT2D eigenvalue weighted by atomic mass is 19.1. The van der Waals surface area contributed by atoms with Crippen LogP contribution in [-0.4, -0.2) is 16.8 Å². The number of hydrogen-bond donors (Lipinski definition) is 2. The number of alkyl halides is 1. The maximum Gasteiger partial charge on any atom is 0.132 e. The van der Waals surface area contributed by atoms with Crippen LogP contribution in [0.3, 0.4) is 0 Å². The van der Waals surface area contributed by atoms with Crippen molar-refractivity contribution in [3.63, 3.8) is 0 Å². The smallest absolute Gasteiger partial charge is 0.132 e. The highest BCUT2D eigenvalue weighted by Crippen LogP contribution is 2.42. The molecule has 134 valence electrons. The van der Waals surface area contributed by atoms with Crippen LogP contribution < -0.4 is 0 Å². The monoisotopic (exact) mass is 352 g/mol. The standard InChI is InChI=1S/C19H19F3O3/c1-10-2-3-18(25-9-10)11-6-16(23)19(17(24)7-11)12-4-14(21)13(8-20)15(22)5-12/h4-7,10,18,23-24H,2-3,8-9H2,1H3. The molecule has 0 spiro atoms. The second kappa shape index (κ2) is 6.96. The summed E-state index contributed by atoms with van der Waals surface area (Å²) in [5.41, 5.74) is -0.237. The van der Waals surface area contributed by atoms with E-state index in [-0.39, 0.29) is 28.7 Å². The van der Waals surface area contributed by atoms with Crippen molar-refractivity contribution in [3.05, 3.63) is 47.0 Å². The first-order valence-corrected chi connectivity index (χ1v) is 8.12. The average molecular weight is 352 g/mol. The first kappa shape index (κ1) is 17.6. The molecule has 3 nitrogen and oxygen atoms in total. The SMILES string of the molecule is CC1CCC(c2cc(O)c(-c3cc(F)c(CF)c(F)c3)c(O)c2)OC1. The maximum absolute atomic E-state index is 13.8. The Kier molecular flexibility index (Phi) is 4.90. The van der Waals surface area contributed by atoms with E-state index < -0.39 is 23.9 Å². The molecule has 6 heteroatoms. The van der Waals surface area contributed by atoms with Gasteiger partial charge in [-0.15, -0.1) is 0 Å². The van der Waals surface area contributed by atoms with E-state index in [1.807, 2.05) is 0 Å². The van der Waals surface area contributed by atoms with E-state index in [4.69, 9.17) is 4.74 Å². The van der Waals surface area contributed by atoms with Gasteiger partial charge in [0.25, 0.3) is 0 Å². The summed E-state index contributed by atoms with van der Waals surface area (Å²) in [5, 5.41) is 20.6. The van der Waals surface area contributed by atoms with E-state index in [0.717, 1.165) is 25.0 Å². The van der Waals surface area contributed by atoms with Gasteiger partial charge in [-0.05, 0) is 54.2 Å². The van der Waals surface area contributed by atoms with Gasteiger partial charge in [0.05, 0.1) is 17.2 Å². The van der Waals surface area contributed by atoms with Crippen LogP contribution in [0.2, 0.25) is 0 Å². The van der Waals surface area contributed by atoms with Crippen molar-refractivity contribution < 1.29 is 28.1 Å². The van der Waals surface area contributed by atoms with E-state index in [9.17, 15) is 23.4 Å². The van der Waals surface area contributed by atoms with Crippen molar-refractivity contribution in [2.45, 2.75) is 32.5 Å². The molecule has 1 aliphatic rings. The fourth-order valence-electron chi connectivity index (χ4n) is 3.14. The third kappa shape index (κ3) is 3.44.